The first-order valence-electron chi connectivity index (χ1n) is 9.13. The Morgan fingerprint density at radius 2 is 1.83 bits per heavy atom. The van der Waals surface area contributed by atoms with Crippen molar-refractivity contribution in [3.8, 4) is 5.75 Å². The second-order valence-corrected chi connectivity index (χ2v) is 7.56. The van der Waals surface area contributed by atoms with E-state index in [-0.39, 0.29) is 11.3 Å². The molecule has 1 aliphatic rings. The highest BCUT2D eigenvalue weighted by molar-refractivity contribution is 9.10. The molecule has 0 bridgehead atoms. The molecule has 2 aromatic carbocycles. The zero-order chi connectivity index (χ0) is 21.3. The van der Waals surface area contributed by atoms with Gasteiger partial charge in [-0.2, -0.15) is 0 Å². The molecule has 1 amide bonds. The molecule has 1 aliphatic heterocycles. The van der Waals surface area contributed by atoms with Gasteiger partial charge in [0.2, 0.25) is 0 Å². The number of halogens is 1. The van der Waals surface area contributed by atoms with Gasteiger partial charge in [-0.05, 0) is 54.1 Å². The quantitative estimate of drug-likeness (QED) is 0.349. The summed E-state index contributed by atoms with van der Waals surface area (Å²) in [4.78, 5) is 31.6. The van der Waals surface area contributed by atoms with E-state index in [1.807, 2.05) is 18.2 Å². The molecule has 7 heteroatoms. The Morgan fingerprint density at radius 3 is 2.47 bits per heavy atom. The Bertz CT molecular complexity index is 1140. The number of hydrogen-bond acceptors (Lipinski definition) is 5. The molecule has 0 aliphatic carbocycles. The van der Waals surface area contributed by atoms with Gasteiger partial charge in [-0.25, -0.2) is 4.98 Å². The SMILES string of the molecule is COc1ccc(/C(O)=C2\C(=O)C(=O)N(c3ccccn3)C2c2cccc(Br)c2)cc1. The molecule has 30 heavy (non-hydrogen) atoms. The summed E-state index contributed by atoms with van der Waals surface area (Å²) >= 11 is 3.44. The molecular formula is C23H17BrN2O4. The summed E-state index contributed by atoms with van der Waals surface area (Å²) in [6.45, 7) is 0. The maximum atomic E-state index is 13.0. The topological polar surface area (TPSA) is 79.7 Å². The lowest BCUT2D eigenvalue weighted by Crippen LogP contribution is -2.30. The van der Waals surface area contributed by atoms with Crippen LogP contribution in [0.2, 0.25) is 0 Å². The summed E-state index contributed by atoms with van der Waals surface area (Å²) in [6, 6.07) is 18.2. The van der Waals surface area contributed by atoms with Gasteiger partial charge in [0, 0.05) is 16.2 Å². The van der Waals surface area contributed by atoms with Crippen LogP contribution in [0.1, 0.15) is 17.2 Å². The van der Waals surface area contributed by atoms with E-state index >= 15 is 0 Å². The molecule has 6 nitrogen and oxygen atoms in total. The van der Waals surface area contributed by atoms with Crippen molar-refractivity contribution in [2.24, 2.45) is 0 Å². The first-order valence-corrected chi connectivity index (χ1v) is 9.92. The van der Waals surface area contributed by atoms with E-state index in [1.54, 1.807) is 61.8 Å². The number of nitrogens with zero attached hydrogens (tertiary/aromatic N) is 2. The summed E-state index contributed by atoms with van der Waals surface area (Å²) < 4.78 is 5.94. The third-order valence-electron chi connectivity index (χ3n) is 4.87. The number of aliphatic hydroxyl groups is 1. The summed E-state index contributed by atoms with van der Waals surface area (Å²) in [5.41, 5.74) is 1.09. The molecule has 0 radical (unpaired) electrons. The number of aliphatic hydroxyl groups excluding tert-OH is 1. The average molecular weight is 465 g/mol. The van der Waals surface area contributed by atoms with Crippen LogP contribution in [0.25, 0.3) is 5.76 Å². The maximum Gasteiger partial charge on any atom is 0.301 e. The van der Waals surface area contributed by atoms with Crippen LogP contribution >= 0.6 is 15.9 Å². The molecule has 4 rings (SSSR count). The summed E-state index contributed by atoms with van der Waals surface area (Å²) in [5, 5.41) is 11.0. The number of hydrogen-bond donors (Lipinski definition) is 1. The number of ether oxygens (including phenoxy) is 1. The number of anilines is 1. The fourth-order valence-electron chi connectivity index (χ4n) is 3.46. The molecule has 0 spiro atoms. The Kier molecular flexibility index (Phi) is 5.37. The smallest absolute Gasteiger partial charge is 0.301 e. The first kappa shape index (κ1) is 19.8. The summed E-state index contributed by atoms with van der Waals surface area (Å²) in [5.74, 6) is -0.811. The van der Waals surface area contributed by atoms with Gasteiger partial charge in [-0.15, -0.1) is 0 Å². The number of benzene rings is 2. The van der Waals surface area contributed by atoms with Crippen molar-refractivity contribution in [3.05, 3.63) is 94.1 Å². The van der Waals surface area contributed by atoms with Crippen molar-refractivity contribution >= 4 is 39.2 Å². The monoisotopic (exact) mass is 464 g/mol. The molecule has 1 atom stereocenters. The van der Waals surface area contributed by atoms with Crippen molar-refractivity contribution in [2.75, 3.05) is 12.0 Å². The van der Waals surface area contributed by atoms with Crippen LogP contribution < -0.4 is 9.64 Å². The van der Waals surface area contributed by atoms with E-state index in [9.17, 15) is 14.7 Å². The largest absolute Gasteiger partial charge is 0.507 e. The summed E-state index contributed by atoms with van der Waals surface area (Å²) in [6.07, 6.45) is 1.55. The number of ketones is 1. The van der Waals surface area contributed by atoms with E-state index in [4.69, 9.17) is 4.74 Å². The zero-order valence-corrected chi connectivity index (χ0v) is 17.5. The van der Waals surface area contributed by atoms with Gasteiger partial charge in [0.15, 0.2) is 0 Å². The Hall–Kier alpha value is -3.45. The van der Waals surface area contributed by atoms with E-state index in [0.717, 1.165) is 4.47 Å². The Morgan fingerprint density at radius 1 is 1.07 bits per heavy atom. The van der Waals surface area contributed by atoms with Crippen molar-refractivity contribution in [2.45, 2.75) is 6.04 Å². The standard InChI is InChI=1S/C23H17BrN2O4/c1-30-17-10-8-14(9-11-17)21(27)19-20(15-5-4-6-16(24)13-15)26(23(29)22(19)28)18-7-2-3-12-25-18/h2-13,20,27H,1H3/b21-19+. The fourth-order valence-corrected chi connectivity index (χ4v) is 3.88. The molecular weight excluding hydrogens is 448 g/mol. The molecule has 1 aromatic heterocycles. The molecule has 1 N–H and O–H groups in total. The lowest BCUT2D eigenvalue weighted by atomic mass is 9.95. The number of Topliss-reactive ketones (excluding diaryl/α,β-unsaturated/α-hetero) is 1. The predicted molar refractivity (Wildman–Crippen MR) is 116 cm³/mol. The minimum Gasteiger partial charge on any atom is -0.507 e. The predicted octanol–water partition coefficient (Wildman–Crippen LogP) is 4.48. The third kappa shape index (κ3) is 3.48. The van der Waals surface area contributed by atoms with Crippen LogP contribution in [0, 0.1) is 0 Å². The highest BCUT2D eigenvalue weighted by Crippen LogP contribution is 2.42. The molecule has 2 heterocycles. The van der Waals surface area contributed by atoms with Crippen LogP contribution in [-0.4, -0.2) is 28.9 Å². The summed E-state index contributed by atoms with van der Waals surface area (Å²) in [7, 11) is 1.54. The van der Waals surface area contributed by atoms with Crippen LogP contribution in [0.15, 0.2) is 83.0 Å². The first-order chi connectivity index (χ1) is 14.5. The molecule has 1 unspecified atom stereocenters. The van der Waals surface area contributed by atoms with Crippen molar-refractivity contribution < 1.29 is 19.4 Å². The number of amides is 1. The fraction of sp³-hybridized carbons (Fsp3) is 0.0870. The van der Waals surface area contributed by atoms with E-state index in [0.29, 0.717) is 22.7 Å². The van der Waals surface area contributed by atoms with Crippen LogP contribution in [-0.2, 0) is 9.59 Å². The van der Waals surface area contributed by atoms with Crippen molar-refractivity contribution in [1.82, 2.24) is 4.98 Å². The Balaban J connectivity index is 1.93. The minimum atomic E-state index is -0.820. The minimum absolute atomic E-state index is 0.00826. The van der Waals surface area contributed by atoms with Gasteiger partial charge in [-0.3, -0.25) is 14.5 Å². The van der Waals surface area contributed by atoms with E-state index in [2.05, 4.69) is 20.9 Å². The number of rotatable bonds is 4. The lowest BCUT2D eigenvalue weighted by molar-refractivity contribution is -0.132. The maximum absolute atomic E-state index is 13.0. The van der Waals surface area contributed by atoms with Crippen molar-refractivity contribution in [1.29, 1.82) is 0 Å². The third-order valence-corrected chi connectivity index (χ3v) is 5.36. The van der Waals surface area contributed by atoms with Gasteiger partial charge in [0.25, 0.3) is 5.78 Å². The van der Waals surface area contributed by atoms with Gasteiger partial charge in [0.1, 0.15) is 17.3 Å². The molecule has 1 fully saturated rings. The normalized spacial score (nSPS) is 17.9. The van der Waals surface area contributed by atoms with E-state index in [1.165, 1.54) is 4.90 Å². The molecule has 150 valence electrons. The number of methoxy groups -OCH3 is 1. The molecule has 1 saturated heterocycles. The zero-order valence-electron chi connectivity index (χ0n) is 15.9. The van der Waals surface area contributed by atoms with Gasteiger partial charge < -0.3 is 9.84 Å². The van der Waals surface area contributed by atoms with Crippen molar-refractivity contribution in [3.63, 3.8) is 0 Å². The molecule has 3 aromatic rings. The van der Waals surface area contributed by atoms with E-state index < -0.39 is 17.7 Å². The number of carbonyl (C=O) groups excluding carboxylic acids is 2. The highest BCUT2D eigenvalue weighted by atomic mass is 79.9. The second kappa shape index (κ2) is 8.12. The molecule has 0 saturated carbocycles. The number of aromatic nitrogens is 1. The van der Waals surface area contributed by atoms with Crippen LogP contribution in [0.5, 0.6) is 5.75 Å². The Labute approximate surface area is 181 Å². The van der Waals surface area contributed by atoms with Crippen LogP contribution in [0.3, 0.4) is 0 Å². The average Bonchev–Trinajstić information content (AvgIpc) is 3.04. The highest BCUT2D eigenvalue weighted by Gasteiger charge is 2.47. The van der Waals surface area contributed by atoms with Gasteiger partial charge >= 0.3 is 5.91 Å². The van der Waals surface area contributed by atoms with Gasteiger partial charge in [0.05, 0.1) is 18.7 Å². The second-order valence-electron chi connectivity index (χ2n) is 6.64. The van der Waals surface area contributed by atoms with Crippen LogP contribution in [0.4, 0.5) is 5.82 Å². The lowest BCUT2D eigenvalue weighted by Gasteiger charge is -2.24. The number of pyridine rings is 1. The van der Waals surface area contributed by atoms with Gasteiger partial charge in [-0.1, -0.05) is 34.1 Å². The number of carbonyl (C=O) groups is 2.